The van der Waals surface area contributed by atoms with Crippen molar-refractivity contribution in [2.75, 3.05) is 4.90 Å². The maximum Gasteiger partial charge on any atom is 0.300 e. The maximum absolute atomic E-state index is 13.7. The quantitative estimate of drug-likeness (QED) is 0.804. The topological polar surface area (TPSA) is 76.3 Å². The van der Waals surface area contributed by atoms with Crippen LogP contribution in [-0.2, 0) is 17.8 Å². The highest BCUT2D eigenvalue weighted by Crippen LogP contribution is 2.32. The zero-order chi connectivity index (χ0) is 15.1. The summed E-state index contributed by atoms with van der Waals surface area (Å²) in [6.45, 7) is 1.62. The molecule has 1 aliphatic rings. The summed E-state index contributed by atoms with van der Waals surface area (Å²) in [4.78, 5) is 28.6. The molecule has 0 fully saturated rings. The van der Waals surface area contributed by atoms with E-state index in [9.17, 15) is 18.4 Å². The first-order valence-electron chi connectivity index (χ1n) is 6.18. The average Bonchev–Trinajstić information content (AvgIpc) is 2.98. The predicted octanol–water partition coefficient (Wildman–Crippen LogP) is 1.64. The van der Waals surface area contributed by atoms with Crippen molar-refractivity contribution >= 4 is 17.4 Å². The minimum atomic E-state index is -1.06. The lowest BCUT2D eigenvalue weighted by Crippen LogP contribution is -2.29. The number of aryl methyl sites for hydroxylation is 1. The van der Waals surface area contributed by atoms with Crippen LogP contribution in [-0.4, -0.2) is 21.8 Å². The van der Waals surface area contributed by atoms with Gasteiger partial charge in [-0.2, -0.15) is 4.98 Å². The molecule has 0 saturated heterocycles. The van der Waals surface area contributed by atoms with E-state index in [2.05, 4.69) is 10.1 Å². The molecule has 1 aromatic heterocycles. The van der Waals surface area contributed by atoms with Crippen LogP contribution >= 0.6 is 0 Å². The second-order valence-electron chi connectivity index (χ2n) is 4.46. The first kappa shape index (κ1) is 13.3. The number of hydrogen-bond acceptors (Lipinski definition) is 5. The number of carbonyl (C=O) groups excluding carboxylic acids is 2. The zero-order valence-corrected chi connectivity index (χ0v) is 10.9. The van der Waals surface area contributed by atoms with Gasteiger partial charge >= 0.3 is 0 Å². The van der Waals surface area contributed by atoms with Crippen molar-refractivity contribution in [2.24, 2.45) is 0 Å². The van der Waals surface area contributed by atoms with E-state index >= 15 is 0 Å². The normalized spacial score (nSPS) is 14.0. The molecule has 0 radical (unpaired) electrons. The molecule has 0 atom stereocenters. The van der Waals surface area contributed by atoms with Crippen molar-refractivity contribution in [1.29, 1.82) is 0 Å². The fourth-order valence-electron chi connectivity index (χ4n) is 2.13. The number of aromatic nitrogens is 2. The lowest BCUT2D eigenvalue weighted by molar-refractivity contribution is -0.114. The summed E-state index contributed by atoms with van der Waals surface area (Å²) in [7, 11) is 0. The van der Waals surface area contributed by atoms with Crippen molar-refractivity contribution in [3.63, 3.8) is 0 Å². The van der Waals surface area contributed by atoms with E-state index in [0.29, 0.717) is 18.4 Å². The summed E-state index contributed by atoms with van der Waals surface area (Å²) in [5.41, 5.74) is -0.550. The van der Waals surface area contributed by atoms with Gasteiger partial charge in [0.05, 0.1) is 17.8 Å². The van der Waals surface area contributed by atoms with E-state index in [1.54, 1.807) is 0 Å². The van der Waals surface area contributed by atoms with Crippen LogP contribution in [0.25, 0.3) is 0 Å². The van der Waals surface area contributed by atoms with Crippen LogP contribution < -0.4 is 4.90 Å². The van der Waals surface area contributed by atoms with Gasteiger partial charge in [-0.15, -0.1) is 0 Å². The number of Topliss-reactive ketones (excluding diaryl/α,β-unsaturated/α-hetero) is 1. The molecule has 6 nitrogen and oxygen atoms in total. The molecular weight excluding hydrogens is 284 g/mol. The standard InChI is InChI=1S/C13H9F2N3O3/c1-2-10-16-9(17-21-10)5-18-8-4-6(14)3-7(15)11(8)12(19)13(18)20/h3-4H,2,5H2,1H3. The second kappa shape index (κ2) is 4.72. The predicted molar refractivity (Wildman–Crippen MR) is 65.6 cm³/mol. The van der Waals surface area contributed by atoms with Crippen LogP contribution in [0.1, 0.15) is 29.0 Å². The molecule has 0 N–H and O–H groups in total. The third-order valence-electron chi connectivity index (χ3n) is 3.10. The Morgan fingerprint density at radius 1 is 1.29 bits per heavy atom. The number of carbonyl (C=O) groups is 2. The number of amides is 1. The van der Waals surface area contributed by atoms with Crippen LogP contribution in [0.5, 0.6) is 0 Å². The van der Waals surface area contributed by atoms with Gasteiger partial charge in [-0.25, -0.2) is 8.78 Å². The molecule has 3 rings (SSSR count). The third kappa shape index (κ3) is 2.08. The smallest absolute Gasteiger partial charge is 0.300 e. The van der Waals surface area contributed by atoms with E-state index in [1.807, 2.05) is 6.92 Å². The van der Waals surface area contributed by atoms with Gasteiger partial charge < -0.3 is 4.52 Å². The molecule has 2 heterocycles. The van der Waals surface area contributed by atoms with E-state index < -0.39 is 28.9 Å². The summed E-state index contributed by atoms with van der Waals surface area (Å²) >= 11 is 0. The molecule has 0 unspecified atom stereocenters. The lowest BCUT2D eigenvalue weighted by Gasteiger charge is -2.13. The van der Waals surface area contributed by atoms with Gasteiger partial charge in [-0.3, -0.25) is 14.5 Å². The van der Waals surface area contributed by atoms with Gasteiger partial charge in [0.1, 0.15) is 11.6 Å². The number of fused-ring (bicyclic) bond motifs is 1. The molecule has 0 aliphatic carbocycles. The SMILES string of the molecule is CCc1nc(CN2C(=O)C(=O)c3c(F)cc(F)cc32)no1. The number of ketones is 1. The maximum atomic E-state index is 13.7. The summed E-state index contributed by atoms with van der Waals surface area (Å²) < 4.78 is 31.9. The Bertz CT molecular complexity index is 757. The van der Waals surface area contributed by atoms with E-state index in [1.165, 1.54) is 0 Å². The Kier molecular flexibility index (Phi) is 3.00. The highest BCUT2D eigenvalue weighted by molar-refractivity contribution is 6.52. The zero-order valence-electron chi connectivity index (χ0n) is 10.9. The molecule has 108 valence electrons. The molecule has 8 heteroatoms. The van der Waals surface area contributed by atoms with E-state index in [0.717, 1.165) is 11.0 Å². The molecule has 0 saturated carbocycles. The number of nitrogens with zero attached hydrogens (tertiary/aromatic N) is 3. The largest absolute Gasteiger partial charge is 0.339 e. The summed E-state index contributed by atoms with van der Waals surface area (Å²) in [5.74, 6) is -3.37. The van der Waals surface area contributed by atoms with Crippen LogP contribution in [0.3, 0.4) is 0 Å². The molecule has 0 spiro atoms. The van der Waals surface area contributed by atoms with Crippen LogP contribution in [0.2, 0.25) is 0 Å². The van der Waals surface area contributed by atoms with Gasteiger partial charge in [0.25, 0.3) is 11.7 Å². The van der Waals surface area contributed by atoms with Crippen molar-refractivity contribution < 1.29 is 22.9 Å². The fourth-order valence-corrected chi connectivity index (χ4v) is 2.13. The highest BCUT2D eigenvalue weighted by atomic mass is 19.1. The van der Waals surface area contributed by atoms with Gasteiger partial charge in [0.15, 0.2) is 5.82 Å². The van der Waals surface area contributed by atoms with Crippen LogP contribution in [0, 0.1) is 11.6 Å². The van der Waals surface area contributed by atoms with Gasteiger partial charge in [-0.1, -0.05) is 12.1 Å². The molecule has 1 aromatic carbocycles. The van der Waals surface area contributed by atoms with Gasteiger partial charge in [0.2, 0.25) is 5.89 Å². The Hall–Kier alpha value is -2.64. The molecular formula is C13H9F2N3O3. The van der Waals surface area contributed by atoms with Gasteiger partial charge in [-0.05, 0) is 6.07 Å². The average molecular weight is 293 g/mol. The van der Waals surface area contributed by atoms with Crippen LogP contribution in [0.15, 0.2) is 16.7 Å². The monoisotopic (exact) mass is 293 g/mol. The van der Waals surface area contributed by atoms with E-state index in [4.69, 9.17) is 4.52 Å². The summed E-state index contributed by atoms with van der Waals surface area (Å²) in [6.07, 6.45) is 0.514. The van der Waals surface area contributed by atoms with E-state index in [-0.39, 0.29) is 18.1 Å². The first-order valence-corrected chi connectivity index (χ1v) is 6.18. The molecule has 1 amide bonds. The fraction of sp³-hybridized carbons (Fsp3) is 0.231. The Labute approximate surface area is 117 Å². The number of hydrogen-bond donors (Lipinski definition) is 0. The number of halogens is 2. The highest BCUT2D eigenvalue weighted by Gasteiger charge is 2.39. The first-order chi connectivity index (χ1) is 10.0. The summed E-state index contributed by atoms with van der Waals surface area (Å²) in [5, 5.41) is 3.65. The van der Waals surface area contributed by atoms with Crippen molar-refractivity contribution in [1.82, 2.24) is 10.1 Å². The molecule has 0 bridgehead atoms. The molecule has 2 aromatic rings. The Morgan fingerprint density at radius 2 is 2.05 bits per heavy atom. The van der Waals surface area contributed by atoms with Crippen molar-refractivity contribution in [3.05, 3.63) is 41.0 Å². The minimum Gasteiger partial charge on any atom is -0.339 e. The van der Waals surface area contributed by atoms with Crippen LogP contribution in [0.4, 0.5) is 14.5 Å². The minimum absolute atomic E-state index is 0.120. The van der Waals surface area contributed by atoms with Crippen molar-refractivity contribution in [2.45, 2.75) is 19.9 Å². The molecule has 21 heavy (non-hydrogen) atoms. The summed E-state index contributed by atoms with van der Waals surface area (Å²) in [6, 6.07) is 1.50. The lowest BCUT2D eigenvalue weighted by atomic mass is 10.1. The second-order valence-corrected chi connectivity index (χ2v) is 4.46. The molecule has 1 aliphatic heterocycles. The Morgan fingerprint density at radius 3 is 2.71 bits per heavy atom. The number of benzene rings is 1. The number of anilines is 1. The third-order valence-corrected chi connectivity index (χ3v) is 3.10. The van der Waals surface area contributed by atoms with Gasteiger partial charge in [0, 0.05) is 12.5 Å². The van der Waals surface area contributed by atoms with Crippen molar-refractivity contribution in [3.8, 4) is 0 Å². The number of rotatable bonds is 3. The Balaban J connectivity index is 2.01.